The lowest BCUT2D eigenvalue weighted by atomic mass is 9.79. The van der Waals surface area contributed by atoms with E-state index >= 15 is 4.39 Å². The van der Waals surface area contributed by atoms with Crippen LogP contribution in [0.5, 0.6) is 0 Å². The predicted molar refractivity (Wildman–Crippen MR) is 161 cm³/mol. The number of rotatable bonds is 16. The van der Waals surface area contributed by atoms with Crippen molar-refractivity contribution >= 4 is 5.91 Å². The molecule has 0 radical (unpaired) electrons. The van der Waals surface area contributed by atoms with Crippen LogP contribution in [0.15, 0.2) is 0 Å². The number of amides is 1. The highest BCUT2D eigenvalue weighted by Crippen LogP contribution is 2.40. The molecular formula is C32H58F3N3O5. The summed E-state index contributed by atoms with van der Waals surface area (Å²) in [6, 6.07) is -0.649. The van der Waals surface area contributed by atoms with Crippen LogP contribution in [-0.4, -0.2) is 133 Å². The summed E-state index contributed by atoms with van der Waals surface area (Å²) in [5.74, 6) is -3.44. The van der Waals surface area contributed by atoms with Crippen LogP contribution in [0.2, 0.25) is 0 Å². The number of piperidine rings is 3. The van der Waals surface area contributed by atoms with E-state index < -0.39 is 30.2 Å². The van der Waals surface area contributed by atoms with Crippen molar-refractivity contribution < 1.29 is 37.3 Å². The van der Waals surface area contributed by atoms with E-state index in [1.807, 2.05) is 34.6 Å². The van der Waals surface area contributed by atoms with Crippen LogP contribution in [0.25, 0.3) is 0 Å². The first-order valence-corrected chi connectivity index (χ1v) is 16.6. The highest BCUT2D eigenvalue weighted by atomic mass is 19.3. The van der Waals surface area contributed by atoms with E-state index in [4.69, 9.17) is 14.2 Å². The van der Waals surface area contributed by atoms with Crippen molar-refractivity contribution in [3.05, 3.63) is 0 Å². The van der Waals surface area contributed by atoms with Crippen molar-refractivity contribution in [3.63, 3.8) is 0 Å². The number of aliphatic hydroxyl groups excluding tert-OH is 1. The Bertz CT molecular complexity index is 823. The topological polar surface area (TPSA) is 74.7 Å². The van der Waals surface area contributed by atoms with Crippen molar-refractivity contribution in [2.24, 2.45) is 5.92 Å². The Balaban J connectivity index is 1.63. The Labute approximate surface area is 257 Å². The molecule has 3 heterocycles. The van der Waals surface area contributed by atoms with Crippen molar-refractivity contribution in [2.75, 3.05) is 59.1 Å². The lowest BCUT2D eigenvalue weighted by Crippen LogP contribution is -2.59. The summed E-state index contributed by atoms with van der Waals surface area (Å²) in [5, 5.41) is 9.89. The van der Waals surface area contributed by atoms with Gasteiger partial charge >= 0.3 is 0 Å². The van der Waals surface area contributed by atoms with Crippen LogP contribution >= 0.6 is 0 Å². The number of likely N-dealkylation sites (tertiary alicyclic amines) is 3. The number of ether oxygens (including phenoxy) is 3. The van der Waals surface area contributed by atoms with Crippen LogP contribution < -0.4 is 0 Å². The monoisotopic (exact) mass is 621 g/mol. The Morgan fingerprint density at radius 3 is 2.23 bits per heavy atom. The molecule has 0 saturated carbocycles. The van der Waals surface area contributed by atoms with Crippen molar-refractivity contribution in [2.45, 2.75) is 135 Å². The van der Waals surface area contributed by atoms with Gasteiger partial charge in [-0.05, 0) is 73.1 Å². The maximum atomic E-state index is 16.0. The van der Waals surface area contributed by atoms with Crippen molar-refractivity contribution in [1.82, 2.24) is 14.7 Å². The van der Waals surface area contributed by atoms with Gasteiger partial charge in [0.1, 0.15) is 12.8 Å². The molecule has 6 atom stereocenters. The zero-order valence-electron chi connectivity index (χ0n) is 27.2. The van der Waals surface area contributed by atoms with Crippen LogP contribution in [0.4, 0.5) is 13.2 Å². The van der Waals surface area contributed by atoms with Gasteiger partial charge in [0.15, 0.2) is 0 Å². The second kappa shape index (κ2) is 17.6. The molecule has 0 aromatic carbocycles. The Morgan fingerprint density at radius 1 is 0.953 bits per heavy atom. The fourth-order valence-corrected chi connectivity index (χ4v) is 6.82. The standard InChI is InChI=1S/C32H58F3N3O5/c1-23(2)41-15-7-12-36-14-10-32(34,35)19-30(36)28-21-37(13-8-16-42-24(3)4)26(18-29(28)33)17-25(5)43-22-31(40)38-11-6-9-27(39)20-38/h23-30,39H,6-22H2,1-5H3/t25?,26?,27-,28?,29?,30?/m0/s1. The molecule has 0 bridgehead atoms. The van der Waals surface area contributed by atoms with Gasteiger partial charge < -0.3 is 24.2 Å². The molecule has 3 fully saturated rings. The molecule has 0 spiro atoms. The first kappa shape index (κ1) is 36.5. The van der Waals surface area contributed by atoms with Gasteiger partial charge in [-0.25, -0.2) is 13.2 Å². The first-order valence-electron chi connectivity index (χ1n) is 16.6. The molecule has 3 aliphatic rings. The summed E-state index contributed by atoms with van der Waals surface area (Å²) < 4.78 is 62.8. The molecule has 1 N–H and O–H groups in total. The van der Waals surface area contributed by atoms with Gasteiger partial charge in [0.25, 0.3) is 5.92 Å². The van der Waals surface area contributed by atoms with Gasteiger partial charge in [-0.3, -0.25) is 14.6 Å². The molecule has 0 aliphatic carbocycles. The summed E-state index contributed by atoms with van der Waals surface area (Å²) in [5.41, 5.74) is 0. The molecule has 252 valence electrons. The zero-order valence-corrected chi connectivity index (χ0v) is 27.2. The highest BCUT2D eigenvalue weighted by molar-refractivity contribution is 5.77. The van der Waals surface area contributed by atoms with Crippen LogP contribution in [0, 0.1) is 5.92 Å². The van der Waals surface area contributed by atoms with Gasteiger partial charge in [-0.2, -0.15) is 0 Å². The van der Waals surface area contributed by atoms with E-state index in [1.54, 1.807) is 4.90 Å². The van der Waals surface area contributed by atoms with E-state index in [1.165, 1.54) is 0 Å². The number of aliphatic hydroxyl groups is 1. The van der Waals surface area contributed by atoms with Gasteiger partial charge in [-0.15, -0.1) is 0 Å². The number of hydrogen-bond donors (Lipinski definition) is 1. The largest absolute Gasteiger partial charge is 0.391 e. The summed E-state index contributed by atoms with van der Waals surface area (Å²) in [4.78, 5) is 18.6. The average Bonchev–Trinajstić information content (AvgIpc) is 2.93. The maximum Gasteiger partial charge on any atom is 0.250 e. The Hall–Kier alpha value is -0.980. The van der Waals surface area contributed by atoms with Crippen molar-refractivity contribution in [3.8, 4) is 0 Å². The molecule has 43 heavy (non-hydrogen) atoms. The fraction of sp³-hybridized carbons (Fsp3) is 0.969. The second-order valence-corrected chi connectivity index (χ2v) is 13.5. The average molecular weight is 622 g/mol. The molecular weight excluding hydrogens is 563 g/mol. The number of alkyl halides is 3. The van der Waals surface area contributed by atoms with Crippen LogP contribution in [0.3, 0.4) is 0 Å². The normalized spacial score (nSPS) is 29.8. The molecule has 3 aliphatic heterocycles. The molecule has 5 unspecified atom stereocenters. The SMILES string of the molecule is CC(C)OCCCN1CC(C2CC(F)(F)CCN2CCCOC(C)C)C(F)CC1CC(C)OCC(=O)N1CCC[C@H](O)C1. The number of halogens is 3. The summed E-state index contributed by atoms with van der Waals surface area (Å²) in [6.45, 7) is 13.8. The van der Waals surface area contributed by atoms with Crippen molar-refractivity contribution in [1.29, 1.82) is 0 Å². The predicted octanol–water partition coefficient (Wildman–Crippen LogP) is 4.52. The van der Waals surface area contributed by atoms with E-state index in [9.17, 15) is 18.7 Å². The quantitative estimate of drug-likeness (QED) is 0.254. The smallest absolute Gasteiger partial charge is 0.250 e. The number of hydrogen-bond acceptors (Lipinski definition) is 7. The second-order valence-electron chi connectivity index (χ2n) is 13.5. The van der Waals surface area contributed by atoms with E-state index in [0.29, 0.717) is 58.8 Å². The fourth-order valence-electron chi connectivity index (χ4n) is 6.82. The molecule has 8 nitrogen and oxygen atoms in total. The molecule has 3 rings (SSSR count). The number of carbonyl (C=O) groups is 1. The van der Waals surface area contributed by atoms with Gasteiger partial charge in [0.2, 0.25) is 5.91 Å². The number of nitrogens with zero attached hydrogens (tertiary/aromatic N) is 3. The van der Waals surface area contributed by atoms with Crippen LogP contribution in [-0.2, 0) is 19.0 Å². The molecule has 1 amide bonds. The first-order chi connectivity index (χ1) is 20.3. The minimum Gasteiger partial charge on any atom is -0.391 e. The van der Waals surface area contributed by atoms with Gasteiger partial charge in [-0.1, -0.05) is 0 Å². The summed E-state index contributed by atoms with van der Waals surface area (Å²) >= 11 is 0. The Morgan fingerprint density at radius 2 is 1.60 bits per heavy atom. The minimum atomic E-state index is -2.79. The molecule has 0 aromatic heterocycles. The van der Waals surface area contributed by atoms with E-state index in [0.717, 1.165) is 19.3 Å². The highest BCUT2D eigenvalue weighted by Gasteiger charge is 2.48. The van der Waals surface area contributed by atoms with Gasteiger partial charge in [0, 0.05) is 83.3 Å². The Kier molecular flexibility index (Phi) is 15.0. The van der Waals surface area contributed by atoms with Gasteiger partial charge in [0.05, 0.1) is 24.4 Å². The summed E-state index contributed by atoms with van der Waals surface area (Å²) in [7, 11) is 0. The number of carbonyl (C=O) groups excluding carboxylic acids is 1. The molecule has 11 heteroatoms. The lowest BCUT2D eigenvalue weighted by molar-refractivity contribution is -0.141. The third-order valence-electron chi connectivity index (χ3n) is 9.09. The zero-order chi connectivity index (χ0) is 31.6. The lowest BCUT2D eigenvalue weighted by Gasteiger charge is -2.49. The number of β-amino-alcohol motifs (C(OH)–C–C–N with tert-alkyl or cyclic N) is 1. The van der Waals surface area contributed by atoms with E-state index in [-0.39, 0.29) is 62.7 Å². The third-order valence-corrected chi connectivity index (χ3v) is 9.09. The summed E-state index contributed by atoms with van der Waals surface area (Å²) in [6.07, 6.45) is 1.51. The molecule has 0 aromatic rings. The van der Waals surface area contributed by atoms with E-state index in [2.05, 4.69) is 9.80 Å². The minimum absolute atomic E-state index is 0.0723. The maximum absolute atomic E-state index is 16.0. The molecule has 3 saturated heterocycles. The third kappa shape index (κ3) is 12.4. The van der Waals surface area contributed by atoms with Crippen LogP contribution in [0.1, 0.15) is 86.0 Å².